The number of esters is 1. The maximum absolute atomic E-state index is 12.7. The summed E-state index contributed by atoms with van der Waals surface area (Å²) in [5.74, 6) is 1.34. The Morgan fingerprint density at radius 2 is 0.720 bits per heavy atom. The summed E-state index contributed by atoms with van der Waals surface area (Å²) in [7, 11) is 0. The molecule has 0 bridgehead atoms. The maximum atomic E-state index is 12.7. The van der Waals surface area contributed by atoms with E-state index in [2.05, 4.69) is 45.0 Å². The molecule has 4 aromatic carbocycles. The molecule has 8 heteroatoms. The SMILES string of the molecule is CC(C)(C)C(=O)Oc1ccc(C(C)(c2ccc([O][Co](=[O])[C](C)(C)C)cc2)c2ccc(C(C)(C)c3ccc([O][Co](=[O])[C](C)(C)C)cc3)cc2)cc1. The standard InChI is InChI=1S/C34H36O4.2C4H9.2Co.2O/c1-32(2,3)31(37)38-30-21-15-27(16-22-30)34(6,26-13-19-29(36)20-14-26)25-9-7-23(8-10-25)33(4,5)24-11-17-28(35)18-12-24;2*1-4(2)3;;;;/h7-22,35-36H,1-6H3;2*1-3H3;;;;/q;;;2*+1;;/p-2. The Kier molecular flexibility index (Phi) is 11.5. The van der Waals surface area contributed by atoms with E-state index in [1.54, 1.807) is 0 Å². The molecule has 0 aliphatic rings. The molecule has 1 unspecified atom stereocenters. The molecular formula is C42H52Co2O6. The number of ether oxygens (including phenoxy) is 1. The molecule has 0 saturated heterocycles. The van der Waals surface area contributed by atoms with Gasteiger partial charge in [0.15, 0.2) is 0 Å². The van der Waals surface area contributed by atoms with E-state index in [1.165, 1.54) is 0 Å². The van der Waals surface area contributed by atoms with Crippen molar-refractivity contribution in [1.82, 2.24) is 0 Å². The summed E-state index contributed by atoms with van der Waals surface area (Å²) in [6, 6.07) is 31.9. The van der Waals surface area contributed by atoms with Crippen molar-refractivity contribution in [3.63, 3.8) is 0 Å². The van der Waals surface area contributed by atoms with Gasteiger partial charge in [-0.05, 0) is 20.8 Å². The summed E-state index contributed by atoms with van der Waals surface area (Å²) in [5.41, 5.74) is 3.81. The second kappa shape index (κ2) is 14.7. The quantitative estimate of drug-likeness (QED) is 0.0908. The van der Waals surface area contributed by atoms with Crippen molar-refractivity contribution < 1.29 is 52.8 Å². The molecule has 50 heavy (non-hydrogen) atoms. The molecule has 0 N–H and O–H groups in total. The first-order valence-electron chi connectivity index (χ1n) is 16.7. The van der Waals surface area contributed by atoms with Crippen LogP contribution in [0.5, 0.6) is 17.2 Å². The molecule has 274 valence electrons. The predicted octanol–water partition coefficient (Wildman–Crippen LogP) is 11.3. The van der Waals surface area contributed by atoms with Gasteiger partial charge < -0.3 is 0 Å². The fraction of sp³-hybridized carbons (Fsp3) is 0.405. The molecule has 0 radical (unpaired) electrons. The van der Waals surface area contributed by atoms with Crippen molar-refractivity contribution in [3.8, 4) is 17.2 Å². The zero-order chi connectivity index (χ0) is 37.3. The van der Waals surface area contributed by atoms with Gasteiger partial charge in [-0.25, -0.2) is 0 Å². The van der Waals surface area contributed by atoms with Gasteiger partial charge in [0.05, 0.1) is 5.41 Å². The zero-order valence-corrected chi connectivity index (χ0v) is 33.4. The number of carbonyl (C=O) groups is 1. The molecule has 0 spiro atoms. The van der Waals surface area contributed by atoms with Crippen molar-refractivity contribution in [3.05, 3.63) is 125 Å². The second-order valence-electron chi connectivity index (χ2n) is 16.1. The third-order valence-corrected chi connectivity index (χ3v) is 12.0. The van der Waals surface area contributed by atoms with Gasteiger partial charge in [-0.15, -0.1) is 0 Å². The van der Waals surface area contributed by atoms with E-state index >= 15 is 0 Å². The van der Waals surface area contributed by atoms with Crippen LogP contribution in [0.1, 0.15) is 111 Å². The Hall–Kier alpha value is -3.44. The van der Waals surface area contributed by atoms with E-state index in [0.29, 0.717) is 17.2 Å². The number of rotatable bonds is 10. The third kappa shape index (κ3) is 9.07. The predicted molar refractivity (Wildman–Crippen MR) is 191 cm³/mol. The van der Waals surface area contributed by atoms with Crippen LogP contribution >= 0.6 is 0 Å². The first-order chi connectivity index (χ1) is 23.0. The summed E-state index contributed by atoms with van der Waals surface area (Å²) in [6.07, 6.45) is 0. The molecule has 1 atom stereocenters. The van der Waals surface area contributed by atoms with Gasteiger partial charge in [-0.2, -0.15) is 0 Å². The van der Waals surface area contributed by atoms with E-state index in [4.69, 9.17) is 12.4 Å². The molecule has 0 heterocycles. The van der Waals surface area contributed by atoms with Crippen molar-refractivity contribution in [2.45, 2.75) is 103 Å². The Labute approximate surface area is 307 Å². The Balaban J connectivity index is 1.70. The number of hydrogen-bond donors (Lipinski definition) is 0. The fourth-order valence-electron chi connectivity index (χ4n) is 5.10. The average molecular weight is 771 g/mol. The van der Waals surface area contributed by atoms with Crippen LogP contribution in [0.4, 0.5) is 0 Å². The van der Waals surface area contributed by atoms with Crippen LogP contribution in [0.3, 0.4) is 0 Å². The van der Waals surface area contributed by atoms with Crippen LogP contribution in [0.2, 0.25) is 8.70 Å². The van der Waals surface area contributed by atoms with Crippen molar-refractivity contribution >= 4 is 5.97 Å². The fourth-order valence-corrected chi connectivity index (χ4v) is 6.47. The molecule has 4 aromatic rings. The molecule has 0 amide bonds. The molecular weight excluding hydrogens is 718 g/mol. The molecule has 6 nitrogen and oxygen atoms in total. The number of hydrogen-bond acceptors (Lipinski definition) is 6. The summed E-state index contributed by atoms with van der Waals surface area (Å²) in [6.45, 7) is 23.4. The first-order valence-corrected chi connectivity index (χ1v) is 19.4. The third-order valence-electron chi connectivity index (χ3n) is 8.54. The van der Waals surface area contributed by atoms with Crippen molar-refractivity contribution in [2.24, 2.45) is 5.41 Å². The van der Waals surface area contributed by atoms with Gasteiger partial charge in [0.1, 0.15) is 0 Å². The summed E-state index contributed by atoms with van der Waals surface area (Å²) in [4.78, 5) is 12.6. The van der Waals surface area contributed by atoms with Crippen LogP contribution in [0.15, 0.2) is 97.1 Å². The molecule has 0 saturated carbocycles. The molecule has 4 rings (SSSR count). The second-order valence-corrected chi connectivity index (χ2v) is 20.8. The van der Waals surface area contributed by atoms with E-state index in [-0.39, 0.29) is 11.4 Å². The van der Waals surface area contributed by atoms with Gasteiger partial charge in [0, 0.05) is 0 Å². The van der Waals surface area contributed by atoms with Crippen LogP contribution < -0.4 is 12.4 Å². The number of benzene rings is 4. The summed E-state index contributed by atoms with van der Waals surface area (Å²) >= 11 is -3.70. The van der Waals surface area contributed by atoms with Gasteiger partial charge in [-0.1, -0.05) is 0 Å². The average Bonchev–Trinajstić information content (AvgIpc) is 3.04. The van der Waals surface area contributed by atoms with Gasteiger partial charge in [0.2, 0.25) is 0 Å². The molecule has 0 aromatic heterocycles. The van der Waals surface area contributed by atoms with E-state index in [0.717, 1.165) is 27.8 Å². The minimum absolute atomic E-state index is 0.294. The van der Waals surface area contributed by atoms with Crippen LogP contribution in [0, 0.1) is 5.41 Å². The zero-order valence-electron chi connectivity index (χ0n) is 31.4. The van der Waals surface area contributed by atoms with Crippen LogP contribution in [-0.4, -0.2) is 5.97 Å². The monoisotopic (exact) mass is 770 g/mol. The topological polar surface area (TPSA) is 78.9 Å². The Morgan fingerprint density at radius 1 is 0.440 bits per heavy atom. The summed E-state index contributed by atoms with van der Waals surface area (Å²) in [5, 5.41) is 0. The Bertz CT molecular complexity index is 1750. The van der Waals surface area contributed by atoms with E-state index in [9.17, 15) is 12.5 Å². The minimum atomic E-state index is -1.87. The van der Waals surface area contributed by atoms with Gasteiger partial charge >= 0.3 is 278 Å². The van der Waals surface area contributed by atoms with E-state index < -0.39 is 47.4 Å². The first kappa shape index (κ1) is 39.4. The van der Waals surface area contributed by atoms with Crippen LogP contribution in [-0.2, 0) is 51.2 Å². The van der Waals surface area contributed by atoms with Gasteiger partial charge in [-0.3, -0.25) is 4.79 Å². The molecule has 0 fully saturated rings. The Morgan fingerprint density at radius 3 is 1.04 bits per heavy atom. The molecule has 0 aliphatic carbocycles. The molecule has 0 aliphatic heterocycles. The van der Waals surface area contributed by atoms with Gasteiger partial charge in [0.25, 0.3) is 0 Å². The number of carbonyl (C=O) groups excluding carboxylic acids is 1. The van der Waals surface area contributed by atoms with Crippen molar-refractivity contribution in [1.29, 1.82) is 0 Å². The van der Waals surface area contributed by atoms with E-state index in [1.807, 2.05) is 135 Å². The van der Waals surface area contributed by atoms with Crippen molar-refractivity contribution in [2.75, 3.05) is 0 Å². The van der Waals surface area contributed by atoms with Crippen LogP contribution in [0.25, 0.3) is 0 Å². The summed E-state index contributed by atoms with van der Waals surface area (Å²) < 4.78 is 41.5. The normalized spacial score (nSPS) is 14.3.